The van der Waals surface area contributed by atoms with Gasteiger partial charge in [0, 0.05) is 19.4 Å². The molecule has 0 aliphatic carbocycles. The molecule has 0 saturated heterocycles. The second-order valence-electron chi connectivity index (χ2n) is 10.6. The van der Waals surface area contributed by atoms with Gasteiger partial charge in [0.1, 0.15) is 0 Å². The summed E-state index contributed by atoms with van der Waals surface area (Å²) < 4.78 is 0.448. The van der Waals surface area contributed by atoms with E-state index in [9.17, 15) is 9.59 Å². The fraction of sp³-hybridized carbons (Fsp3) is 0.929. The molecule has 0 saturated carbocycles. The second-order valence-corrected chi connectivity index (χ2v) is 11.8. The first-order valence-corrected chi connectivity index (χ1v) is 15.4. The molecule has 1 amide bonds. The Kier molecular flexibility index (Phi) is 23.4. The van der Waals surface area contributed by atoms with Gasteiger partial charge in [-0.2, -0.15) is 11.8 Å². The van der Waals surface area contributed by atoms with Gasteiger partial charge in [0.25, 0.3) is 0 Å². The number of nitrogens with one attached hydrogen (secondary N) is 1. The summed E-state index contributed by atoms with van der Waals surface area (Å²) in [5.41, 5.74) is 0. The minimum Gasteiger partial charge on any atom is -0.477 e. The van der Waals surface area contributed by atoms with E-state index in [0.29, 0.717) is 17.4 Å². The van der Waals surface area contributed by atoms with Gasteiger partial charge in [-0.3, -0.25) is 4.79 Å². The Hall–Kier alpha value is -0.750. The molecule has 2 N–H and O–H groups in total. The molecule has 0 bridgehead atoms. The number of thioether (sulfide) groups is 1. The van der Waals surface area contributed by atoms with E-state index in [0.717, 1.165) is 25.8 Å². The summed E-state index contributed by atoms with van der Waals surface area (Å²) in [6.45, 7) is 3.79. The molecule has 0 fully saturated rings. The molecule has 0 atom stereocenters. The summed E-state index contributed by atoms with van der Waals surface area (Å²) in [5, 5.41) is 11.9. The number of carbonyl (C=O) groups excluding carboxylic acids is 1. The fourth-order valence-electron chi connectivity index (χ4n) is 4.26. The number of hydrogen-bond acceptors (Lipinski definition) is 3. The minimum atomic E-state index is -0.780. The zero-order chi connectivity index (χ0) is 25.3. The molecule has 6 heteroatoms. The number of aliphatic carboxylic acids is 1. The average Bonchev–Trinajstić information content (AvgIpc) is 2.77. The highest BCUT2D eigenvalue weighted by atomic mass is 32.2. The first-order valence-electron chi connectivity index (χ1n) is 14.3. The molecule has 0 heterocycles. The van der Waals surface area contributed by atoms with Crippen LogP contribution in [-0.2, 0) is 9.59 Å². The van der Waals surface area contributed by atoms with Crippen molar-refractivity contribution >= 4 is 23.6 Å². The minimum absolute atomic E-state index is 0.117. The van der Waals surface area contributed by atoms with Gasteiger partial charge in [-0.1, -0.05) is 90.4 Å². The van der Waals surface area contributed by atoms with Gasteiger partial charge < -0.3 is 14.9 Å². The molecule has 202 valence electrons. The summed E-state index contributed by atoms with van der Waals surface area (Å²) >= 11 is 2.15. The third kappa shape index (κ3) is 25.9. The van der Waals surface area contributed by atoms with Gasteiger partial charge in [-0.25, -0.2) is 4.79 Å². The smallest absolute Gasteiger partial charge is 0.359 e. The van der Waals surface area contributed by atoms with Crippen molar-refractivity contribution in [2.45, 2.75) is 122 Å². The molecular weight excluding hydrogens is 444 g/mol. The topological polar surface area (TPSA) is 66.4 Å². The van der Waals surface area contributed by atoms with Crippen molar-refractivity contribution in [3.63, 3.8) is 0 Å². The summed E-state index contributed by atoms with van der Waals surface area (Å²) in [5.74, 6) is 2.04. The standard InChI is InChI=1S/C28H56N2O3S/c1-4-5-6-7-8-12-15-18-24-34-25-19-16-13-10-9-11-14-17-21-27(31)29-22-20-23-30(2,3)26-28(32)33/h4-26H2,1-3H3,(H-,29,31,32,33)/p+1. The van der Waals surface area contributed by atoms with Gasteiger partial charge in [0.2, 0.25) is 5.91 Å². The highest BCUT2D eigenvalue weighted by Crippen LogP contribution is 2.14. The number of carboxylic acid groups (broad SMARTS) is 1. The van der Waals surface area contributed by atoms with Crippen molar-refractivity contribution < 1.29 is 19.2 Å². The molecule has 0 aromatic rings. The molecule has 0 aromatic carbocycles. The number of amides is 1. The van der Waals surface area contributed by atoms with Gasteiger partial charge in [0.15, 0.2) is 6.54 Å². The van der Waals surface area contributed by atoms with Crippen LogP contribution in [0.1, 0.15) is 122 Å². The zero-order valence-electron chi connectivity index (χ0n) is 22.9. The van der Waals surface area contributed by atoms with Gasteiger partial charge in [-0.05, 0) is 30.8 Å². The normalized spacial score (nSPS) is 11.6. The number of nitrogens with zero attached hydrogens (tertiary/aromatic N) is 1. The van der Waals surface area contributed by atoms with Crippen LogP contribution in [-0.4, -0.2) is 66.7 Å². The number of quaternary nitrogens is 1. The molecule has 0 rings (SSSR count). The maximum Gasteiger partial charge on any atom is 0.359 e. The number of carbonyl (C=O) groups is 2. The first-order chi connectivity index (χ1) is 16.4. The predicted molar refractivity (Wildman–Crippen MR) is 149 cm³/mol. The van der Waals surface area contributed by atoms with E-state index < -0.39 is 5.97 Å². The Labute approximate surface area is 215 Å². The van der Waals surface area contributed by atoms with Crippen molar-refractivity contribution in [1.82, 2.24) is 5.32 Å². The van der Waals surface area contributed by atoms with Crippen LogP contribution >= 0.6 is 11.8 Å². The SMILES string of the molecule is CCCCCCCCCCSCCCCCCCCCCC(=O)NCCC[N+](C)(C)CC(=O)O. The van der Waals surface area contributed by atoms with Crippen molar-refractivity contribution in [3.05, 3.63) is 0 Å². The summed E-state index contributed by atoms with van der Waals surface area (Å²) in [6.07, 6.45) is 22.8. The van der Waals surface area contributed by atoms with E-state index >= 15 is 0 Å². The summed E-state index contributed by atoms with van der Waals surface area (Å²) in [6, 6.07) is 0. The third-order valence-electron chi connectivity index (χ3n) is 6.41. The molecule has 0 aliphatic rings. The van der Waals surface area contributed by atoms with Crippen LogP contribution in [0.15, 0.2) is 0 Å². The van der Waals surface area contributed by atoms with Crippen LogP contribution in [0, 0.1) is 0 Å². The van der Waals surface area contributed by atoms with Crippen molar-refractivity contribution in [2.75, 3.05) is 45.2 Å². The lowest BCUT2D eigenvalue weighted by Gasteiger charge is -2.27. The van der Waals surface area contributed by atoms with Gasteiger partial charge in [-0.15, -0.1) is 0 Å². The number of rotatable bonds is 26. The van der Waals surface area contributed by atoms with Crippen LogP contribution in [0.5, 0.6) is 0 Å². The van der Waals surface area contributed by atoms with Crippen LogP contribution in [0.2, 0.25) is 0 Å². The highest BCUT2D eigenvalue weighted by Gasteiger charge is 2.18. The molecule has 34 heavy (non-hydrogen) atoms. The second kappa shape index (κ2) is 24.0. The molecule has 0 spiro atoms. The Morgan fingerprint density at radius 1 is 0.706 bits per heavy atom. The van der Waals surface area contributed by atoms with Gasteiger partial charge >= 0.3 is 5.97 Å². The van der Waals surface area contributed by atoms with E-state index in [-0.39, 0.29) is 12.5 Å². The summed E-state index contributed by atoms with van der Waals surface area (Å²) in [7, 11) is 3.82. The average molecular weight is 502 g/mol. The van der Waals surface area contributed by atoms with E-state index in [1.807, 2.05) is 14.1 Å². The van der Waals surface area contributed by atoms with Crippen LogP contribution in [0.4, 0.5) is 0 Å². The quantitative estimate of drug-likeness (QED) is 0.0985. The molecule has 0 radical (unpaired) electrons. The summed E-state index contributed by atoms with van der Waals surface area (Å²) in [4.78, 5) is 22.7. The molecule has 0 aromatic heterocycles. The lowest BCUT2D eigenvalue weighted by atomic mass is 10.1. The van der Waals surface area contributed by atoms with Crippen LogP contribution in [0.25, 0.3) is 0 Å². The van der Waals surface area contributed by atoms with Crippen LogP contribution in [0.3, 0.4) is 0 Å². The van der Waals surface area contributed by atoms with Crippen molar-refractivity contribution in [2.24, 2.45) is 0 Å². The Balaban J connectivity index is 3.26. The van der Waals surface area contributed by atoms with Crippen molar-refractivity contribution in [1.29, 1.82) is 0 Å². The number of hydrogen-bond donors (Lipinski definition) is 2. The highest BCUT2D eigenvalue weighted by molar-refractivity contribution is 7.99. The van der Waals surface area contributed by atoms with Gasteiger partial charge in [0.05, 0.1) is 20.6 Å². The fourth-order valence-corrected chi connectivity index (χ4v) is 5.28. The number of likely N-dealkylation sites (N-methyl/N-ethyl adjacent to an activating group) is 1. The van der Waals surface area contributed by atoms with E-state index in [1.54, 1.807) is 0 Å². The van der Waals surface area contributed by atoms with E-state index in [1.165, 1.54) is 101 Å². The maximum atomic E-state index is 11.9. The largest absolute Gasteiger partial charge is 0.477 e. The first kappa shape index (κ1) is 33.2. The predicted octanol–water partition coefficient (Wildman–Crippen LogP) is 7.04. The van der Waals surface area contributed by atoms with E-state index in [4.69, 9.17) is 5.11 Å². The monoisotopic (exact) mass is 501 g/mol. The number of unbranched alkanes of at least 4 members (excludes halogenated alkanes) is 14. The molecule has 5 nitrogen and oxygen atoms in total. The Morgan fingerprint density at radius 3 is 1.68 bits per heavy atom. The lowest BCUT2D eigenvalue weighted by molar-refractivity contribution is -0.883. The van der Waals surface area contributed by atoms with Crippen molar-refractivity contribution in [3.8, 4) is 0 Å². The van der Waals surface area contributed by atoms with Crippen LogP contribution < -0.4 is 5.32 Å². The zero-order valence-corrected chi connectivity index (χ0v) is 23.7. The lowest BCUT2D eigenvalue weighted by Crippen LogP contribution is -2.45. The maximum absolute atomic E-state index is 11.9. The van der Waals surface area contributed by atoms with E-state index in [2.05, 4.69) is 24.0 Å². The molecule has 0 aliphatic heterocycles. The Bertz CT molecular complexity index is 486. The molecular formula is C28H57N2O3S+. The molecule has 0 unspecified atom stereocenters. The third-order valence-corrected chi connectivity index (χ3v) is 7.57. The number of carboxylic acids is 1. The Morgan fingerprint density at radius 2 is 1.18 bits per heavy atom.